The molecular weight excluding hydrogens is 350 g/mol. The molecule has 1 fully saturated rings. The molecule has 0 bridgehead atoms. The van der Waals surface area contributed by atoms with Crippen LogP contribution in [0, 0.1) is 5.92 Å². The third-order valence-electron chi connectivity index (χ3n) is 4.72. The van der Waals surface area contributed by atoms with Crippen molar-refractivity contribution in [2.75, 3.05) is 24.6 Å². The van der Waals surface area contributed by atoms with Crippen LogP contribution in [0.3, 0.4) is 0 Å². The van der Waals surface area contributed by atoms with Gasteiger partial charge in [-0.3, -0.25) is 9.59 Å². The van der Waals surface area contributed by atoms with Gasteiger partial charge in [0, 0.05) is 24.8 Å². The summed E-state index contributed by atoms with van der Waals surface area (Å²) in [4.78, 5) is 39.4. The lowest BCUT2D eigenvalue weighted by atomic mass is 10.1. The summed E-state index contributed by atoms with van der Waals surface area (Å²) in [5, 5.41) is 9.20. The molecule has 3 N–H and O–H groups in total. The van der Waals surface area contributed by atoms with Crippen LogP contribution in [0.25, 0.3) is 22.6 Å². The summed E-state index contributed by atoms with van der Waals surface area (Å²) in [6.07, 6.45) is 2.04. The van der Waals surface area contributed by atoms with Gasteiger partial charge in [-0.25, -0.2) is 9.97 Å². The van der Waals surface area contributed by atoms with Crippen molar-refractivity contribution in [3.63, 3.8) is 0 Å². The summed E-state index contributed by atoms with van der Waals surface area (Å²) >= 11 is 0. The molecule has 9 heteroatoms. The molecule has 1 aliphatic heterocycles. The molecule has 1 aromatic carbocycles. The first-order chi connectivity index (χ1) is 13.1. The molecule has 0 amide bonds. The van der Waals surface area contributed by atoms with Gasteiger partial charge in [-0.05, 0) is 25.5 Å². The first-order valence-corrected chi connectivity index (χ1v) is 8.75. The number of H-pyrrole nitrogens is 2. The van der Waals surface area contributed by atoms with Gasteiger partial charge in [0.2, 0.25) is 0 Å². The lowest BCUT2D eigenvalue weighted by Gasteiger charge is -2.20. The number of aromatic nitrogens is 4. The van der Waals surface area contributed by atoms with Gasteiger partial charge in [0.25, 0.3) is 5.56 Å². The number of nitrogens with one attached hydrogen (secondary N) is 2. The molecule has 9 nitrogen and oxygen atoms in total. The molecular formula is C18H19N5O4. The lowest BCUT2D eigenvalue weighted by Crippen LogP contribution is -2.22. The van der Waals surface area contributed by atoms with Gasteiger partial charge in [0.05, 0.1) is 24.4 Å². The summed E-state index contributed by atoms with van der Waals surface area (Å²) in [5.74, 6) is -0.181. The van der Waals surface area contributed by atoms with Crippen LogP contribution in [-0.4, -0.2) is 50.7 Å². The second-order valence-electron chi connectivity index (χ2n) is 6.40. The zero-order valence-electron chi connectivity index (χ0n) is 14.7. The van der Waals surface area contributed by atoms with E-state index in [1.807, 2.05) is 30.0 Å². The summed E-state index contributed by atoms with van der Waals surface area (Å²) < 4.78 is 5.77. The largest absolute Gasteiger partial charge is 0.493 e. The van der Waals surface area contributed by atoms with Crippen molar-refractivity contribution < 1.29 is 14.6 Å². The fourth-order valence-electron chi connectivity index (χ4n) is 3.35. The maximum atomic E-state index is 12.2. The van der Waals surface area contributed by atoms with Crippen LogP contribution in [0.4, 0.5) is 5.69 Å². The number of carboxylic acids is 1. The maximum absolute atomic E-state index is 12.2. The van der Waals surface area contributed by atoms with Crippen molar-refractivity contribution in [1.82, 2.24) is 19.9 Å². The number of hydrogen-bond donors (Lipinski definition) is 3. The Morgan fingerprint density at radius 2 is 2.30 bits per heavy atom. The molecule has 2 aromatic heterocycles. The monoisotopic (exact) mass is 369 g/mol. The third kappa shape index (κ3) is 3.12. The zero-order chi connectivity index (χ0) is 19.0. The van der Waals surface area contributed by atoms with Crippen molar-refractivity contribution in [1.29, 1.82) is 0 Å². The van der Waals surface area contributed by atoms with Gasteiger partial charge in [0.15, 0.2) is 11.2 Å². The number of rotatable bonds is 5. The number of nitrogens with zero attached hydrogens (tertiary/aromatic N) is 3. The van der Waals surface area contributed by atoms with E-state index in [4.69, 9.17) is 4.74 Å². The number of aliphatic carboxylic acids is 1. The number of hydrogen-bond acceptors (Lipinski definition) is 6. The van der Waals surface area contributed by atoms with Crippen molar-refractivity contribution >= 4 is 22.8 Å². The average Bonchev–Trinajstić information content (AvgIpc) is 3.31. The zero-order valence-corrected chi connectivity index (χ0v) is 14.7. The first-order valence-electron chi connectivity index (χ1n) is 8.75. The number of aromatic amines is 2. The molecule has 4 rings (SSSR count). The first kappa shape index (κ1) is 17.1. The van der Waals surface area contributed by atoms with Crippen LogP contribution in [0.1, 0.15) is 13.3 Å². The third-order valence-corrected chi connectivity index (χ3v) is 4.72. The number of imidazole rings is 1. The average molecular weight is 369 g/mol. The molecule has 0 saturated carbocycles. The van der Waals surface area contributed by atoms with Crippen LogP contribution < -0.4 is 15.2 Å². The quantitative estimate of drug-likeness (QED) is 0.624. The van der Waals surface area contributed by atoms with Gasteiger partial charge >= 0.3 is 5.97 Å². The molecule has 1 aliphatic rings. The van der Waals surface area contributed by atoms with Crippen molar-refractivity contribution in [3.8, 4) is 17.1 Å². The van der Waals surface area contributed by atoms with E-state index in [-0.39, 0.29) is 11.5 Å². The molecule has 0 radical (unpaired) electrons. The Morgan fingerprint density at radius 3 is 3.04 bits per heavy atom. The lowest BCUT2D eigenvalue weighted by molar-refractivity contribution is -0.140. The van der Waals surface area contributed by atoms with Crippen LogP contribution in [0.5, 0.6) is 5.75 Å². The van der Waals surface area contributed by atoms with Crippen LogP contribution in [-0.2, 0) is 4.79 Å². The van der Waals surface area contributed by atoms with E-state index in [0.717, 1.165) is 5.69 Å². The standard InChI is InChI=1S/C18H19N5O4/c1-2-27-13-7-11(23-6-5-10(8-23)18(25)26)3-4-12(13)15-21-16-14(17(24)22-15)19-9-20-16/h3-4,7,9-10H,2,5-6,8H2,1H3,(H,25,26)(H2,19,20,21,22,24)/t10-/m1/s1. The Bertz CT molecular complexity index is 1060. The highest BCUT2D eigenvalue weighted by atomic mass is 16.5. The summed E-state index contributed by atoms with van der Waals surface area (Å²) in [7, 11) is 0. The Balaban J connectivity index is 1.72. The van der Waals surface area contributed by atoms with Crippen molar-refractivity contribution in [2.24, 2.45) is 5.92 Å². The van der Waals surface area contributed by atoms with Gasteiger partial charge < -0.3 is 24.7 Å². The molecule has 27 heavy (non-hydrogen) atoms. The van der Waals surface area contributed by atoms with Gasteiger partial charge in [-0.2, -0.15) is 0 Å². The molecule has 140 valence electrons. The van der Waals surface area contributed by atoms with Gasteiger partial charge in [-0.15, -0.1) is 0 Å². The van der Waals surface area contributed by atoms with Crippen LogP contribution >= 0.6 is 0 Å². The minimum absolute atomic E-state index is 0.303. The summed E-state index contributed by atoms with van der Waals surface area (Å²) in [6.45, 7) is 3.47. The number of fused-ring (bicyclic) bond motifs is 1. The highest BCUT2D eigenvalue weighted by Gasteiger charge is 2.28. The predicted molar refractivity (Wildman–Crippen MR) is 99.1 cm³/mol. The van der Waals surface area contributed by atoms with E-state index >= 15 is 0 Å². The summed E-state index contributed by atoms with van der Waals surface area (Å²) in [6, 6.07) is 5.57. The second kappa shape index (κ2) is 6.75. The fraction of sp³-hybridized carbons (Fsp3) is 0.333. The summed E-state index contributed by atoms with van der Waals surface area (Å²) in [5.41, 5.74) is 1.89. The normalized spacial score (nSPS) is 16.8. The topological polar surface area (TPSA) is 124 Å². The number of carbonyl (C=O) groups is 1. The minimum Gasteiger partial charge on any atom is -0.493 e. The molecule has 1 saturated heterocycles. The second-order valence-corrected chi connectivity index (χ2v) is 6.40. The molecule has 0 aliphatic carbocycles. The Labute approximate surface area is 154 Å². The fourth-order valence-corrected chi connectivity index (χ4v) is 3.35. The molecule has 3 aromatic rings. The van der Waals surface area contributed by atoms with Gasteiger partial charge in [0.1, 0.15) is 11.6 Å². The van der Waals surface area contributed by atoms with Crippen molar-refractivity contribution in [2.45, 2.75) is 13.3 Å². The van der Waals surface area contributed by atoms with E-state index < -0.39 is 5.97 Å². The smallest absolute Gasteiger partial charge is 0.308 e. The number of anilines is 1. The van der Waals surface area contributed by atoms with E-state index in [2.05, 4.69) is 19.9 Å². The Hall–Kier alpha value is -3.36. The molecule has 3 heterocycles. The minimum atomic E-state index is -0.770. The van der Waals surface area contributed by atoms with E-state index in [1.165, 1.54) is 6.33 Å². The van der Waals surface area contributed by atoms with Crippen LogP contribution in [0.15, 0.2) is 29.3 Å². The highest BCUT2D eigenvalue weighted by molar-refractivity contribution is 5.76. The Morgan fingerprint density at radius 1 is 1.44 bits per heavy atom. The predicted octanol–water partition coefficient (Wildman–Crippen LogP) is 1.62. The Kier molecular flexibility index (Phi) is 4.27. The van der Waals surface area contributed by atoms with E-state index in [9.17, 15) is 14.7 Å². The van der Waals surface area contributed by atoms with Gasteiger partial charge in [-0.1, -0.05) is 0 Å². The SMILES string of the molecule is CCOc1cc(N2CC[C@@H](C(=O)O)C2)ccc1-c1nc2nc[nH]c2c(=O)[nH]1. The van der Waals surface area contributed by atoms with E-state index in [0.29, 0.717) is 54.4 Å². The number of ether oxygens (including phenoxy) is 1. The molecule has 0 unspecified atom stereocenters. The maximum Gasteiger partial charge on any atom is 0.308 e. The van der Waals surface area contributed by atoms with Crippen LogP contribution in [0.2, 0.25) is 0 Å². The van der Waals surface area contributed by atoms with Crippen molar-refractivity contribution in [3.05, 3.63) is 34.9 Å². The molecule has 0 spiro atoms. The number of benzene rings is 1. The molecule has 1 atom stereocenters. The number of carboxylic acid groups (broad SMARTS) is 1. The van der Waals surface area contributed by atoms with E-state index in [1.54, 1.807) is 0 Å². The highest BCUT2D eigenvalue weighted by Crippen LogP contribution is 2.34.